The molecule has 0 nitrogen and oxygen atoms in total. The lowest BCUT2D eigenvalue weighted by Crippen LogP contribution is -2.36. The summed E-state index contributed by atoms with van der Waals surface area (Å²) < 4.78 is 81.9. The standard InChI is InChI=1S/C5H2ClF7/c6-1(3(8)9)5(12,13)2(7)4(10)11/h2,4H. The van der Waals surface area contributed by atoms with E-state index in [9.17, 15) is 30.7 Å². The third-order valence-electron chi connectivity index (χ3n) is 1.03. The van der Waals surface area contributed by atoms with Crippen molar-refractivity contribution in [2.45, 2.75) is 18.5 Å². The van der Waals surface area contributed by atoms with Gasteiger partial charge in [0.15, 0.2) is 5.03 Å². The second kappa shape index (κ2) is 4.17. The van der Waals surface area contributed by atoms with Gasteiger partial charge in [-0.15, -0.1) is 0 Å². The summed E-state index contributed by atoms with van der Waals surface area (Å²) in [6.45, 7) is 0. The average Bonchev–Trinajstić information content (AvgIpc) is 2.01. The van der Waals surface area contributed by atoms with Gasteiger partial charge in [-0.1, -0.05) is 11.6 Å². The van der Waals surface area contributed by atoms with E-state index < -0.39 is 29.6 Å². The van der Waals surface area contributed by atoms with E-state index in [0.29, 0.717) is 0 Å². The number of hydrogen-bond donors (Lipinski definition) is 0. The van der Waals surface area contributed by atoms with Crippen molar-refractivity contribution in [3.8, 4) is 0 Å². The van der Waals surface area contributed by atoms with Crippen LogP contribution in [0.1, 0.15) is 0 Å². The van der Waals surface area contributed by atoms with Gasteiger partial charge in [0.2, 0.25) is 6.17 Å². The maximum atomic E-state index is 12.2. The van der Waals surface area contributed by atoms with E-state index in [1.54, 1.807) is 0 Å². The Morgan fingerprint density at radius 2 is 1.46 bits per heavy atom. The molecule has 0 aromatic heterocycles. The second-order valence-corrected chi connectivity index (χ2v) is 2.31. The van der Waals surface area contributed by atoms with Crippen LogP contribution in [0, 0.1) is 0 Å². The first-order chi connectivity index (χ1) is 5.71. The molecule has 0 amide bonds. The minimum absolute atomic E-state index is 2.50. The van der Waals surface area contributed by atoms with Crippen LogP contribution in [0.25, 0.3) is 0 Å². The summed E-state index contributed by atoms with van der Waals surface area (Å²) in [5, 5.41) is -2.50. The van der Waals surface area contributed by atoms with Crippen molar-refractivity contribution in [3.63, 3.8) is 0 Å². The fraction of sp³-hybridized carbons (Fsp3) is 0.600. The molecule has 0 radical (unpaired) electrons. The van der Waals surface area contributed by atoms with Gasteiger partial charge in [0.25, 0.3) is 12.5 Å². The monoisotopic (exact) mass is 230 g/mol. The third kappa shape index (κ3) is 2.75. The lowest BCUT2D eigenvalue weighted by atomic mass is 10.2. The van der Waals surface area contributed by atoms with Crippen LogP contribution >= 0.6 is 11.6 Å². The normalized spacial score (nSPS) is 14.5. The topological polar surface area (TPSA) is 0 Å². The van der Waals surface area contributed by atoms with Crippen molar-refractivity contribution in [3.05, 3.63) is 11.1 Å². The maximum absolute atomic E-state index is 12.2. The van der Waals surface area contributed by atoms with Gasteiger partial charge >= 0.3 is 5.92 Å². The van der Waals surface area contributed by atoms with Gasteiger partial charge in [0, 0.05) is 0 Å². The van der Waals surface area contributed by atoms with Gasteiger partial charge < -0.3 is 0 Å². The summed E-state index contributed by atoms with van der Waals surface area (Å²) in [4.78, 5) is 0. The van der Waals surface area contributed by atoms with Crippen molar-refractivity contribution >= 4 is 11.6 Å². The fourth-order valence-corrected chi connectivity index (χ4v) is 0.510. The third-order valence-corrected chi connectivity index (χ3v) is 1.42. The Labute approximate surface area is 73.0 Å². The van der Waals surface area contributed by atoms with E-state index in [4.69, 9.17) is 0 Å². The highest BCUT2D eigenvalue weighted by atomic mass is 35.5. The number of rotatable bonds is 3. The molecule has 0 aliphatic rings. The molecule has 0 N–H and O–H groups in total. The van der Waals surface area contributed by atoms with Crippen molar-refractivity contribution in [1.82, 2.24) is 0 Å². The van der Waals surface area contributed by atoms with Crippen molar-refractivity contribution in [2.24, 2.45) is 0 Å². The smallest absolute Gasteiger partial charge is 0.234 e. The molecule has 78 valence electrons. The molecule has 0 saturated carbocycles. The lowest BCUT2D eigenvalue weighted by Gasteiger charge is -2.18. The molecular formula is C5H2ClF7. The zero-order valence-corrected chi connectivity index (χ0v) is 6.43. The molecule has 0 aromatic rings. The van der Waals surface area contributed by atoms with E-state index in [1.807, 2.05) is 0 Å². The van der Waals surface area contributed by atoms with Gasteiger partial charge in [-0.2, -0.15) is 17.6 Å². The quantitative estimate of drug-likeness (QED) is 0.650. The first-order valence-corrected chi connectivity index (χ1v) is 3.10. The average molecular weight is 231 g/mol. The van der Waals surface area contributed by atoms with Gasteiger partial charge in [0.1, 0.15) is 0 Å². The van der Waals surface area contributed by atoms with E-state index in [1.165, 1.54) is 0 Å². The molecule has 0 aliphatic carbocycles. The molecule has 0 aromatic carbocycles. The van der Waals surface area contributed by atoms with Gasteiger partial charge in [-0.05, 0) is 0 Å². The van der Waals surface area contributed by atoms with Crippen LogP contribution in [0.5, 0.6) is 0 Å². The first kappa shape index (κ1) is 12.5. The van der Waals surface area contributed by atoms with Crippen molar-refractivity contribution < 1.29 is 30.7 Å². The Bertz CT molecular complexity index is 207. The Morgan fingerprint density at radius 3 is 1.69 bits per heavy atom. The van der Waals surface area contributed by atoms with E-state index in [-0.39, 0.29) is 0 Å². The van der Waals surface area contributed by atoms with Crippen molar-refractivity contribution in [2.75, 3.05) is 0 Å². The Morgan fingerprint density at radius 1 is 1.08 bits per heavy atom. The molecule has 0 bridgehead atoms. The highest BCUT2D eigenvalue weighted by Crippen LogP contribution is 2.37. The lowest BCUT2D eigenvalue weighted by molar-refractivity contribution is -0.0996. The largest absolute Gasteiger partial charge is 0.324 e. The summed E-state index contributed by atoms with van der Waals surface area (Å²) >= 11 is 4.25. The molecule has 0 rings (SSSR count). The fourth-order valence-electron chi connectivity index (χ4n) is 0.405. The van der Waals surface area contributed by atoms with Gasteiger partial charge in [-0.3, -0.25) is 0 Å². The van der Waals surface area contributed by atoms with Gasteiger partial charge in [-0.25, -0.2) is 13.2 Å². The summed E-state index contributed by atoms with van der Waals surface area (Å²) in [5.74, 6) is -5.06. The molecule has 0 fully saturated rings. The van der Waals surface area contributed by atoms with Crippen LogP contribution in [-0.2, 0) is 0 Å². The summed E-state index contributed by atoms with van der Waals surface area (Å²) in [6.07, 6.45) is -11.2. The van der Waals surface area contributed by atoms with Crippen LogP contribution in [0.2, 0.25) is 0 Å². The summed E-state index contributed by atoms with van der Waals surface area (Å²) in [7, 11) is 0. The van der Waals surface area contributed by atoms with Crippen molar-refractivity contribution in [1.29, 1.82) is 0 Å². The Hall–Kier alpha value is -0.460. The first-order valence-electron chi connectivity index (χ1n) is 2.72. The number of halogens is 8. The molecule has 0 spiro atoms. The predicted octanol–water partition coefficient (Wildman–Crippen LogP) is 3.57. The number of alkyl halides is 5. The zero-order chi connectivity index (χ0) is 10.8. The van der Waals surface area contributed by atoms with Crippen LogP contribution in [0.3, 0.4) is 0 Å². The predicted molar refractivity (Wildman–Crippen MR) is 30.9 cm³/mol. The maximum Gasteiger partial charge on any atom is 0.324 e. The molecular weight excluding hydrogens is 228 g/mol. The van der Waals surface area contributed by atoms with E-state index in [2.05, 4.69) is 11.6 Å². The summed E-state index contributed by atoms with van der Waals surface area (Å²) in [6, 6.07) is 0. The zero-order valence-electron chi connectivity index (χ0n) is 5.68. The molecule has 1 unspecified atom stereocenters. The van der Waals surface area contributed by atoms with Gasteiger partial charge in [0.05, 0.1) is 0 Å². The van der Waals surface area contributed by atoms with E-state index >= 15 is 0 Å². The van der Waals surface area contributed by atoms with Crippen LogP contribution < -0.4 is 0 Å². The molecule has 0 aliphatic heterocycles. The minimum Gasteiger partial charge on any atom is -0.234 e. The number of allylic oxidation sites excluding steroid dienone is 1. The summed E-state index contributed by atoms with van der Waals surface area (Å²) in [5.41, 5.74) is 0. The SMILES string of the molecule is FC(F)=C(Cl)C(F)(F)C(F)C(F)F. The highest BCUT2D eigenvalue weighted by Gasteiger charge is 2.50. The second-order valence-electron chi connectivity index (χ2n) is 1.93. The van der Waals surface area contributed by atoms with Crippen LogP contribution in [-0.4, -0.2) is 18.5 Å². The molecule has 0 heterocycles. The van der Waals surface area contributed by atoms with Crippen LogP contribution in [0.4, 0.5) is 30.7 Å². The molecule has 1 atom stereocenters. The Kier molecular flexibility index (Phi) is 4.02. The molecule has 8 heteroatoms. The number of hydrogen-bond acceptors (Lipinski definition) is 0. The highest BCUT2D eigenvalue weighted by molar-refractivity contribution is 6.30. The van der Waals surface area contributed by atoms with E-state index in [0.717, 1.165) is 0 Å². The molecule has 13 heavy (non-hydrogen) atoms. The Balaban J connectivity index is 4.86. The molecule has 0 saturated heterocycles. The van der Waals surface area contributed by atoms with Crippen LogP contribution in [0.15, 0.2) is 11.1 Å². The minimum atomic E-state index is -5.06.